The first-order valence-electron chi connectivity index (χ1n) is 11.3. The van der Waals surface area contributed by atoms with Gasteiger partial charge in [-0.2, -0.15) is 0 Å². The second-order valence-corrected chi connectivity index (χ2v) is 9.08. The van der Waals surface area contributed by atoms with E-state index in [1.54, 1.807) is 13.3 Å². The van der Waals surface area contributed by atoms with E-state index in [1.165, 1.54) is 11.1 Å². The molecule has 32 heavy (non-hydrogen) atoms. The van der Waals surface area contributed by atoms with Gasteiger partial charge in [-0.05, 0) is 35.7 Å². The molecular formula is C25H30N4O3. The molecule has 1 saturated heterocycles. The number of aliphatic hydroxyl groups excluding tert-OH is 1. The van der Waals surface area contributed by atoms with Gasteiger partial charge in [0, 0.05) is 73.1 Å². The molecule has 0 aliphatic carbocycles. The fourth-order valence-electron chi connectivity index (χ4n) is 5.56. The Hall–Kier alpha value is -2.90. The van der Waals surface area contributed by atoms with Crippen LogP contribution in [-0.2, 0) is 16.8 Å². The largest absolute Gasteiger partial charge is 0.497 e. The summed E-state index contributed by atoms with van der Waals surface area (Å²) in [6.07, 6.45) is 4.99. The quantitative estimate of drug-likeness (QED) is 0.623. The van der Waals surface area contributed by atoms with E-state index in [2.05, 4.69) is 27.0 Å². The number of pyridine rings is 1. The summed E-state index contributed by atoms with van der Waals surface area (Å²) in [6, 6.07) is 9.81. The number of ether oxygens (including phenoxy) is 1. The highest BCUT2D eigenvalue weighted by atomic mass is 16.5. The zero-order chi connectivity index (χ0) is 22.3. The number of fused-ring (bicyclic) bond motifs is 4. The third-order valence-electron chi connectivity index (χ3n) is 6.89. The van der Waals surface area contributed by atoms with Gasteiger partial charge in [0.05, 0.1) is 19.8 Å². The van der Waals surface area contributed by atoms with Crippen molar-refractivity contribution in [3.05, 3.63) is 59.5 Å². The summed E-state index contributed by atoms with van der Waals surface area (Å²) in [5.74, 6) is 0.898. The molecule has 7 nitrogen and oxygen atoms in total. The van der Waals surface area contributed by atoms with E-state index in [0.29, 0.717) is 13.0 Å². The Balaban J connectivity index is 1.55. The lowest BCUT2D eigenvalue weighted by Crippen LogP contribution is -2.66. The van der Waals surface area contributed by atoms with Crippen LogP contribution in [0.25, 0.3) is 10.9 Å². The van der Waals surface area contributed by atoms with Crippen molar-refractivity contribution in [2.45, 2.75) is 37.8 Å². The van der Waals surface area contributed by atoms with Crippen LogP contribution in [-0.4, -0.2) is 64.1 Å². The number of aromatic amines is 1. The van der Waals surface area contributed by atoms with Crippen molar-refractivity contribution in [1.82, 2.24) is 19.8 Å². The highest BCUT2D eigenvalue weighted by Gasteiger charge is 2.53. The molecule has 4 heterocycles. The van der Waals surface area contributed by atoms with Gasteiger partial charge in [-0.1, -0.05) is 13.0 Å². The monoisotopic (exact) mass is 434 g/mol. The molecular weight excluding hydrogens is 404 g/mol. The average Bonchev–Trinajstić information content (AvgIpc) is 3.17. The van der Waals surface area contributed by atoms with Crippen LogP contribution in [0.1, 0.15) is 42.6 Å². The lowest BCUT2D eigenvalue weighted by Gasteiger charge is -2.56. The Morgan fingerprint density at radius 2 is 2.16 bits per heavy atom. The van der Waals surface area contributed by atoms with Gasteiger partial charge in [-0.25, -0.2) is 0 Å². The fourth-order valence-corrected chi connectivity index (χ4v) is 5.56. The minimum absolute atomic E-state index is 0.0953. The van der Waals surface area contributed by atoms with Gasteiger partial charge >= 0.3 is 0 Å². The molecule has 168 valence electrons. The van der Waals surface area contributed by atoms with Crippen LogP contribution in [0.4, 0.5) is 0 Å². The first-order chi connectivity index (χ1) is 15.6. The van der Waals surface area contributed by atoms with E-state index >= 15 is 0 Å². The molecule has 2 aliphatic rings. The molecule has 1 amide bonds. The van der Waals surface area contributed by atoms with Crippen LogP contribution >= 0.6 is 0 Å². The van der Waals surface area contributed by atoms with E-state index < -0.39 is 0 Å². The normalized spacial score (nSPS) is 19.7. The van der Waals surface area contributed by atoms with Crippen molar-refractivity contribution in [2.75, 3.05) is 33.4 Å². The Morgan fingerprint density at radius 1 is 1.31 bits per heavy atom. The molecule has 5 rings (SSSR count). The van der Waals surface area contributed by atoms with E-state index in [9.17, 15) is 9.90 Å². The Kier molecular flexibility index (Phi) is 5.39. The van der Waals surface area contributed by atoms with Gasteiger partial charge in [-0.15, -0.1) is 0 Å². The van der Waals surface area contributed by atoms with Gasteiger partial charge < -0.3 is 19.7 Å². The summed E-state index contributed by atoms with van der Waals surface area (Å²) in [4.78, 5) is 25.1. The lowest BCUT2D eigenvalue weighted by molar-refractivity contribution is -0.139. The van der Waals surface area contributed by atoms with Gasteiger partial charge in [0.2, 0.25) is 5.91 Å². The average molecular weight is 435 g/mol. The second-order valence-electron chi connectivity index (χ2n) is 9.08. The van der Waals surface area contributed by atoms with E-state index in [-0.39, 0.29) is 24.0 Å². The maximum atomic E-state index is 13.1. The summed E-state index contributed by atoms with van der Waals surface area (Å²) in [6.45, 7) is 5.12. The highest BCUT2D eigenvalue weighted by Crippen LogP contribution is 2.49. The molecule has 1 spiro atoms. The van der Waals surface area contributed by atoms with Crippen molar-refractivity contribution >= 4 is 16.8 Å². The fraction of sp³-hybridized carbons (Fsp3) is 0.440. The maximum Gasteiger partial charge on any atom is 0.223 e. The topological polar surface area (TPSA) is 81.7 Å². The molecule has 0 unspecified atom stereocenters. The minimum atomic E-state index is -0.347. The van der Waals surface area contributed by atoms with Crippen LogP contribution in [0.3, 0.4) is 0 Å². The first-order valence-corrected chi connectivity index (χ1v) is 11.3. The smallest absolute Gasteiger partial charge is 0.223 e. The number of carbonyl (C=O) groups is 1. The Morgan fingerprint density at radius 3 is 2.84 bits per heavy atom. The number of hydrogen-bond donors (Lipinski definition) is 2. The summed E-state index contributed by atoms with van der Waals surface area (Å²) >= 11 is 0. The van der Waals surface area contributed by atoms with Crippen molar-refractivity contribution in [1.29, 1.82) is 0 Å². The third-order valence-corrected chi connectivity index (χ3v) is 6.89. The number of H-pyrrole nitrogens is 1. The highest BCUT2D eigenvalue weighted by molar-refractivity contribution is 5.89. The van der Waals surface area contributed by atoms with E-state index in [4.69, 9.17) is 4.74 Å². The maximum absolute atomic E-state index is 13.1. The summed E-state index contributed by atoms with van der Waals surface area (Å²) < 4.78 is 5.43. The number of rotatable bonds is 6. The Bertz CT molecular complexity index is 1120. The predicted molar refractivity (Wildman–Crippen MR) is 122 cm³/mol. The van der Waals surface area contributed by atoms with E-state index in [1.807, 2.05) is 36.2 Å². The third kappa shape index (κ3) is 3.36. The molecule has 3 aromatic rings. The molecule has 1 fully saturated rings. The molecule has 7 heteroatoms. The van der Waals surface area contributed by atoms with Crippen LogP contribution < -0.4 is 4.74 Å². The molecule has 1 atom stereocenters. The number of carbonyl (C=O) groups excluding carboxylic acids is 1. The van der Waals surface area contributed by atoms with Gasteiger partial charge in [0.25, 0.3) is 0 Å². The number of aliphatic hydroxyl groups is 1. The van der Waals surface area contributed by atoms with Crippen molar-refractivity contribution in [3.63, 3.8) is 0 Å². The molecule has 2 N–H and O–H groups in total. The van der Waals surface area contributed by atoms with Gasteiger partial charge in [0.15, 0.2) is 0 Å². The predicted octanol–water partition coefficient (Wildman–Crippen LogP) is 3.00. The number of nitrogens with zero attached hydrogens (tertiary/aromatic N) is 3. The molecule has 2 aromatic heterocycles. The zero-order valence-corrected chi connectivity index (χ0v) is 18.7. The van der Waals surface area contributed by atoms with Crippen molar-refractivity contribution in [3.8, 4) is 5.75 Å². The summed E-state index contributed by atoms with van der Waals surface area (Å²) in [5, 5.41) is 11.5. The lowest BCUT2D eigenvalue weighted by atomic mass is 9.68. The number of benzene rings is 1. The molecule has 1 aromatic carbocycles. The summed E-state index contributed by atoms with van der Waals surface area (Å²) in [7, 11) is 1.66. The molecule has 0 saturated carbocycles. The molecule has 0 bridgehead atoms. The first kappa shape index (κ1) is 21.0. The second kappa shape index (κ2) is 8.22. The number of amides is 1. The zero-order valence-electron chi connectivity index (χ0n) is 18.7. The van der Waals surface area contributed by atoms with Crippen LogP contribution in [0.15, 0.2) is 42.7 Å². The molecule has 2 aliphatic heterocycles. The van der Waals surface area contributed by atoms with E-state index in [0.717, 1.165) is 48.4 Å². The van der Waals surface area contributed by atoms with Crippen LogP contribution in [0, 0.1) is 0 Å². The van der Waals surface area contributed by atoms with Gasteiger partial charge in [0.1, 0.15) is 5.75 Å². The SMILES string of the molecule is CCCC(=O)N1CC2(CN(Cc3cccnc3)C2)c2c([nH]c3cc(OC)ccc23)[C@@H]1CO. The van der Waals surface area contributed by atoms with Gasteiger partial charge in [-0.3, -0.25) is 14.7 Å². The Labute approximate surface area is 188 Å². The number of hydrogen-bond acceptors (Lipinski definition) is 5. The standard InChI is InChI=1S/C25H30N4O3/c1-3-5-22(31)29-16-25(14-28(15-25)12-17-6-4-9-26-11-17)23-19-8-7-18(32-2)10-20(19)27-24(23)21(29)13-30/h4,6-11,21,27,30H,3,5,12-16H2,1-2H3/t21-/m0/s1. The van der Waals surface area contributed by atoms with Crippen molar-refractivity contribution in [2.24, 2.45) is 0 Å². The number of methoxy groups -OCH3 is 1. The van der Waals surface area contributed by atoms with Crippen LogP contribution in [0.5, 0.6) is 5.75 Å². The number of aromatic nitrogens is 2. The summed E-state index contributed by atoms with van der Waals surface area (Å²) in [5.41, 5.74) is 4.24. The van der Waals surface area contributed by atoms with Crippen LogP contribution in [0.2, 0.25) is 0 Å². The number of likely N-dealkylation sites (tertiary alicyclic amines) is 1. The minimum Gasteiger partial charge on any atom is -0.497 e. The van der Waals surface area contributed by atoms with Crippen molar-refractivity contribution < 1.29 is 14.6 Å². The number of nitrogens with one attached hydrogen (secondary N) is 1. The molecule has 0 radical (unpaired) electrons.